The molecule has 0 unspecified atom stereocenters. The molecule has 1 aromatic heterocycles. The molecule has 0 saturated heterocycles. The van der Waals surface area contributed by atoms with Crippen molar-refractivity contribution in [3.8, 4) is 0 Å². The summed E-state index contributed by atoms with van der Waals surface area (Å²) in [6.07, 6.45) is 8.61. The second kappa shape index (κ2) is 4.40. The molecule has 0 bridgehead atoms. The SMILES string of the molecule is CC(C)C(=Cc1cncn1C1CC1)CCl. The molecule has 82 valence electrons. The van der Waals surface area contributed by atoms with Gasteiger partial charge in [-0.3, -0.25) is 0 Å². The summed E-state index contributed by atoms with van der Waals surface area (Å²) in [5, 5.41) is 0. The zero-order chi connectivity index (χ0) is 10.8. The van der Waals surface area contributed by atoms with Crippen molar-refractivity contribution < 1.29 is 0 Å². The van der Waals surface area contributed by atoms with Crippen LogP contribution in [0.1, 0.15) is 38.4 Å². The largest absolute Gasteiger partial charge is 0.328 e. The van der Waals surface area contributed by atoms with Crippen molar-refractivity contribution in [1.82, 2.24) is 9.55 Å². The lowest BCUT2D eigenvalue weighted by atomic mass is 10.0. The Hall–Kier alpha value is -0.760. The van der Waals surface area contributed by atoms with Gasteiger partial charge in [0.2, 0.25) is 0 Å². The average molecular weight is 225 g/mol. The summed E-state index contributed by atoms with van der Waals surface area (Å²) < 4.78 is 2.26. The Morgan fingerprint density at radius 3 is 2.93 bits per heavy atom. The fourth-order valence-corrected chi connectivity index (χ4v) is 2.02. The first kappa shape index (κ1) is 10.7. The summed E-state index contributed by atoms with van der Waals surface area (Å²) in [5.41, 5.74) is 2.47. The van der Waals surface area contributed by atoms with E-state index >= 15 is 0 Å². The van der Waals surface area contributed by atoms with Gasteiger partial charge >= 0.3 is 0 Å². The van der Waals surface area contributed by atoms with E-state index in [2.05, 4.69) is 29.5 Å². The quantitative estimate of drug-likeness (QED) is 0.716. The second-order valence-electron chi connectivity index (χ2n) is 4.46. The van der Waals surface area contributed by atoms with Crippen LogP contribution < -0.4 is 0 Å². The lowest BCUT2D eigenvalue weighted by Crippen LogP contribution is -1.99. The minimum Gasteiger partial charge on any atom is -0.328 e. The summed E-state index contributed by atoms with van der Waals surface area (Å²) in [5.74, 6) is 1.11. The molecule has 1 aromatic rings. The van der Waals surface area contributed by atoms with E-state index in [4.69, 9.17) is 11.6 Å². The Bertz CT molecular complexity index is 361. The Labute approximate surface area is 96.0 Å². The number of aromatic nitrogens is 2. The van der Waals surface area contributed by atoms with Gasteiger partial charge in [0.25, 0.3) is 0 Å². The van der Waals surface area contributed by atoms with E-state index in [9.17, 15) is 0 Å². The summed E-state index contributed by atoms with van der Waals surface area (Å²) in [6, 6.07) is 0.683. The molecule has 1 aliphatic rings. The number of halogens is 1. The van der Waals surface area contributed by atoms with Gasteiger partial charge in [-0.2, -0.15) is 0 Å². The van der Waals surface area contributed by atoms with Crippen molar-refractivity contribution in [2.45, 2.75) is 32.7 Å². The Balaban J connectivity index is 2.24. The van der Waals surface area contributed by atoms with Gasteiger partial charge in [0, 0.05) is 11.9 Å². The molecule has 1 fully saturated rings. The van der Waals surface area contributed by atoms with E-state index in [1.165, 1.54) is 24.1 Å². The van der Waals surface area contributed by atoms with Gasteiger partial charge in [-0.05, 0) is 24.8 Å². The van der Waals surface area contributed by atoms with Crippen LogP contribution in [0.4, 0.5) is 0 Å². The molecule has 1 aliphatic carbocycles. The minimum absolute atomic E-state index is 0.505. The number of allylic oxidation sites excluding steroid dienone is 1. The molecule has 0 N–H and O–H groups in total. The Morgan fingerprint density at radius 2 is 2.40 bits per heavy atom. The highest BCUT2D eigenvalue weighted by Crippen LogP contribution is 2.36. The first-order valence-electron chi connectivity index (χ1n) is 5.50. The zero-order valence-electron chi connectivity index (χ0n) is 9.28. The van der Waals surface area contributed by atoms with Gasteiger partial charge in [-0.1, -0.05) is 19.4 Å². The molecule has 0 aromatic carbocycles. The lowest BCUT2D eigenvalue weighted by Gasteiger charge is -2.09. The Morgan fingerprint density at radius 1 is 1.67 bits per heavy atom. The highest BCUT2D eigenvalue weighted by atomic mass is 35.5. The number of hydrogen-bond donors (Lipinski definition) is 0. The summed E-state index contributed by atoms with van der Waals surface area (Å²) in [7, 11) is 0. The van der Waals surface area contributed by atoms with Crippen molar-refractivity contribution in [2.24, 2.45) is 5.92 Å². The van der Waals surface area contributed by atoms with E-state index in [0.29, 0.717) is 17.8 Å². The highest BCUT2D eigenvalue weighted by Gasteiger charge is 2.24. The number of hydrogen-bond acceptors (Lipinski definition) is 1. The van der Waals surface area contributed by atoms with E-state index in [1.54, 1.807) is 0 Å². The Kier molecular flexibility index (Phi) is 3.15. The van der Waals surface area contributed by atoms with Crippen LogP contribution in [-0.2, 0) is 0 Å². The van der Waals surface area contributed by atoms with Gasteiger partial charge in [0.05, 0.1) is 18.2 Å². The van der Waals surface area contributed by atoms with Crippen molar-refractivity contribution in [1.29, 1.82) is 0 Å². The molecule has 1 heterocycles. The summed E-state index contributed by atoms with van der Waals surface area (Å²) >= 11 is 5.93. The molecule has 0 aliphatic heterocycles. The third-order valence-electron chi connectivity index (χ3n) is 2.87. The molecule has 0 radical (unpaired) electrons. The van der Waals surface area contributed by atoms with Gasteiger partial charge < -0.3 is 4.57 Å². The van der Waals surface area contributed by atoms with Crippen LogP contribution >= 0.6 is 11.6 Å². The van der Waals surface area contributed by atoms with Gasteiger partial charge in [0.15, 0.2) is 0 Å². The van der Waals surface area contributed by atoms with Crippen LogP contribution in [0.5, 0.6) is 0 Å². The molecule has 3 heteroatoms. The maximum atomic E-state index is 5.93. The molecule has 15 heavy (non-hydrogen) atoms. The van der Waals surface area contributed by atoms with Crippen LogP contribution in [-0.4, -0.2) is 15.4 Å². The fourth-order valence-electron chi connectivity index (χ4n) is 1.63. The molecular weight excluding hydrogens is 208 g/mol. The number of imidazole rings is 1. The summed E-state index contributed by atoms with van der Waals surface area (Å²) in [4.78, 5) is 4.21. The predicted molar refractivity (Wildman–Crippen MR) is 64.0 cm³/mol. The third-order valence-corrected chi connectivity index (χ3v) is 3.17. The highest BCUT2D eigenvalue weighted by molar-refractivity contribution is 6.19. The topological polar surface area (TPSA) is 17.8 Å². The first-order valence-corrected chi connectivity index (χ1v) is 6.04. The lowest BCUT2D eigenvalue weighted by molar-refractivity contribution is 0.729. The normalized spacial score (nSPS) is 17.5. The minimum atomic E-state index is 0.505. The smallest absolute Gasteiger partial charge is 0.0953 e. The average Bonchev–Trinajstić information content (AvgIpc) is 2.95. The van der Waals surface area contributed by atoms with E-state index < -0.39 is 0 Å². The zero-order valence-corrected chi connectivity index (χ0v) is 10.0. The molecule has 2 nitrogen and oxygen atoms in total. The predicted octanol–water partition coefficient (Wildman–Crippen LogP) is 3.50. The molecule has 0 amide bonds. The van der Waals surface area contributed by atoms with Crippen molar-refractivity contribution in [3.05, 3.63) is 23.8 Å². The van der Waals surface area contributed by atoms with Gasteiger partial charge in [-0.25, -0.2) is 4.98 Å². The third kappa shape index (κ3) is 2.43. The second-order valence-corrected chi connectivity index (χ2v) is 4.73. The van der Waals surface area contributed by atoms with Crippen LogP contribution in [0, 0.1) is 5.92 Å². The maximum Gasteiger partial charge on any atom is 0.0953 e. The number of alkyl halides is 1. The van der Waals surface area contributed by atoms with Gasteiger partial charge in [0.1, 0.15) is 0 Å². The van der Waals surface area contributed by atoms with E-state index in [1.807, 2.05) is 12.5 Å². The van der Waals surface area contributed by atoms with Gasteiger partial charge in [-0.15, -0.1) is 11.6 Å². The molecule has 0 atom stereocenters. The standard InChI is InChI=1S/C12H17ClN2/c1-9(2)10(6-13)5-12-7-14-8-15(12)11-3-4-11/h5,7-9,11H,3-4,6H2,1-2H3. The van der Waals surface area contributed by atoms with Crippen LogP contribution in [0.25, 0.3) is 6.08 Å². The maximum absolute atomic E-state index is 5.93. The van der Waals surface area contributed by atoms with Crippen LogP contribution in [0.15, 0.2) is 18.1 Å². The van der Waals surface area contributed by atoms with Crippen molar-refractivity contribution >= 4 is 17.7 Å². The molecule has 0 spiro atoms. The van der Waals surface area contributed by atoms with Crippen LogP contribution in [0.2, 0.25) is 0 Å². The first-order chi connectivity index (χ1) is 7.22. The number of nitrogens with zero attached hydrogens (tertiary/aromatic N) is 2. The van der Waals surface area contributed by atoms with Crippen molar-refractivity contribution in [2.75, 3.05) is 5.88 Å². The molecular formula is C12H17ClN2. The summed E-state index contributed by atoms with van der Waals surface area (Å²) in [6.45, 7) is 4.35. The molecule has 2 rings (SSSR count). The molecule has 1 saturated carbocycles. The van der Waals surface area contributed by atoms with E-state index in [-0.39, 0.29) is 0 Å². The van der Waals surface area contributed by atoms with E-state index in [0.717, 1.165) is 0 Å². The van der Waals surface area contributed by atoms with Crippen LogP contribution in [0.3, 0.4) is 0 Å². The number of rotatable bonds is 4. The fraction of sp³-hybridized carbons (Fsp3) is 0.583. The monoisotopic (exact) mass is 224 g/mol. The van der Waals surface area contributed by atoms with Crippen molar-refractivity contribution in [3.63, 3.8) is 0 Å².